The minimum absolute atomic E-state index is 0.0487. The van der Waals surface area contributed by atoms with Gasteiger partial charge in [-0.2, -0.15) is 0 Å². The van der Waals surface area contributed by atoms with Crippen LogP contribution in [0.3, 0.4) is 0 Å². The number of carbonyl (C=O) groups is 2. The van der Waals surface area contributed by atoms with Crippen LogP contribution in [-0.4, -0.2) is 55.9 Å². The van der Waals surface area contributed by atoms with E-state index in [4.69, 9.17) is 9.47 Å². The smallest absolute Gasteiger partial charge is 0.349 e. The first-order valence-electron chi connectivity index (χ1n) is 9.28. The lowest BCUT2D eigenvalue weighted by molar-refractivity contribution is -0.140. The summed E-state index contributed by atoms with van der Waals surface area (Å²) in [6.07, 6.45) is -0.596. The number of hydrogen-bond donors (Lipinski definition) is 0. The van der Waals surface area contributed by atoms with Crippen LogP contribution >= 0.6 is 11.3 Å². The normalized spacial score (nSPS) is 20.1. The van der Waals surface area contributed by atoms with Crippen LogP contribution in [0.15, 0.2) is 30.3 Å². The summed E-state index contributed by atoms with van der Waals surface area (Å²) in [4.78, 5) is 28.0. The van der Waals surface area contributed by atoms with Gasteiger partial charge < -0.3 is 14.4 Å². The van der Waals surface area contributed by atoms with Crippen molar-refractivity contribution in [2.24, 2.45) is 0 Å². The zero-order chi connectivity index (χ0) is 20.8. The Kier molecular flexibility index (Phi) is 5.12. The number of likely N-dealkylation sites (N-methyl/N-ethyl adjacent to an activating group) is 1. The average Bonchev–Trinajstić information content (AvgIpc) is 3.30. The minimum Gasteiger partial charge on any atom is -0.488 e. The van der Waals surface area contributed by atoms with Crippen LogP contribution in [0.25, 0.3) is 10.4 Å². The van der Waals surface area contributed by atoms with E-state index in [9.17, 15) is 18.0 Å². The van der Waals surface area contributed by atoms with Gasteiger partial charge in [-0.15, -0.1) is 11.3 Å². The first-order chi connectivity index (χ1) is 13.7. The van der Waals surface area contributed by atoms with Gasteiger partial charge in [-0.3, -0.25) is 4.79 Å². The van der Waals surface area contributed by atoms with Crippen molar-refractivity contribution >= 4 is 33.1 Å². The monoisotopic (exact) mass is 435 g/mol. The highest BCUT2D eigenvalue weighted by molar-refractivity contribution is 7.91. The van der Waals surface area contributed by atoms with Gasteiger partial charge >= 0.3 is 5.97 Å². The zero-order valence-electron chi connectivity index (χ0n) is 16.1. The van der Waals surface area contributed by atoms with Crippen LogP contribution in [0.5, 0.6) is 5.75 Å². The van der Waals surface area contributed by atoms with E-state index in [2.05, 4.69) is 0 Å². The van der Waals surface area contributed by atoms with Crippen LogP contribution in [0.4, 0.5) is 0 Å². The van der Waals surface area contributed by atoms with Crippen LogP contribution in [0.2, 0.25) is 0 Å². The molecule has 0 bridgehead atoms. The lowest BCUT2D eigenvalue weighted by atomic mass is 10.1. The second-order valence-corrected chi connectivity index (χ2v) is 10.6. The molecular formula is C20H21NO6S2. The van der Waals surface area contributed by atoms with Crippen molar-refractivity contribution in [1.82, 2.24) is 4.90 Å². The van der Waals surface area contributed by atoms with E-state index in [1.807, 2.05) is 24.3 Å². The van der Waals surface area contributed by atoms with E-state index in [-0.39, 0.29) is 17.5 Å². The Morgan fingerprint density at radius 3 is 2.79 bits per heavy atom. The highest BCUT2D eigenvalue weighted by Crippen LogP contribution is 2.42. The fourth-order valence-electron chi connectivity index (χ4n) is 3.62. The predicted molar refractivity (Wildman–Crippen MR) is 109 cm³/mol. The van der Waals surface area contributed by atoms with Crippen LogP contribution < -0.4 is 4.74 Å². The first kappa shape index (κ1) is 19.9. The molecule has 9 heteroatoms. The number of amides is 1. The van der Waals surface area contributed by atoms with Crippen LogP contribution in [0.1, 0.15) is 28.6 Å². The topological polar surface area (TPSA) is 90.0 Å². The molecule has 1 aromatic heterocycles. The van der Waals surface area contributed by atoms with Crippen LogP contribution in [-0.2, 0) is 26.0 Å². The molecule has 4 rings (SSSR count). The Bertz CT molecular complexity index is 1070. The average molecular weight is 436 g/mol. The Morgan fingerprint density at radius 2 is 2.07 bits per heavy atom. The number of esters is 1. The molecular weight excluding hydrogens is 414 g/mol. The van der Waals surface area contributed by atoms with Gasteiger partial charge in [0, 0.05) is 29.1 Å². The summed E-state index contributed by atoms with van der Waals surface area (Å²) in [5.41, 5.74) is 1.84. The predicted octanol–water partition coefficient (Wildman–Crippen LogP) is 2.50. The number of para-hydroxylation sites is 1. The minimum atomic E-state index is -3.10. The third-order valence-corrected chi connectivity index (χ3v) is 8.20. The summed E-state index contributed by atoms with van der Waals surface area (Å²) < 4.78 is 34.4. The molecule has 1 aromatic carbocycles. The highest BCUT2D eigenvalue weighted by Gasteiger charge is 2.35. The lowest BCUT2D eigenvalue weighted by Crippen LogP contribution is -2.44. The van der Waals surface area contributed by atoms with E-state index >= 15 is 0 Å². The van der Waals surface area contributed by atoms with Gasteiger partial charge in [-0.05, 0) is 31.5 Å². The summed E-state index contributed by atoms with van der Waals surface area (Å²) in [6, 6.07) is 8.99. The summed E-state index contributed by atoms with van der Waals surface area (Å²) >= 11 is 1.31. The molecule has 0 aliphatic carbocycles. The van der Waals surface area contributed by atoms with E-state index in [1.165, 1.54) is 23.2 Å². The Morgan fingerprint density at radius 1 is 1.31 bits per heavy atom. The quantitative estimate of drug-likeness (QED) is 0.686. The molecule has 1 saturated heterocycles. The van der Waals surface area contributed by atoms with E-state index in [0.717, 1.165) is 21.8 Å². The van der Waals surface area contributed by atoms with Gasteiger partial charge in [0.15, 0.2) is 15.9 Å². The molecule has 2 aliphatic rings. The second-order valence-electron chi connectivity index (χ2n) is 7.30. The third-order valence-electron chi connectivity index (χ3n) is 5.26. The second kappa shape index (κ2) is 7.46. The first-order valence-corrected chi connectivity index (χ1v) is 11.9. The van der Waals surface area contributed by atoms with Crippen molar-refractivity contribution < 1.29 is 27.5 Å². The molecule has 154 valence electrons. The Labute approximate surface area is 173 Å². The molecule has 1 amide bonds. The van der Waals surface area contributed by atoms with Gasteiger partial charge in [0.05, 0.1) is 11.5 Å². The standard InChI is InChI=1S/C20H21NO6S2/c1-12(19(22)21(2)14-7-8-29(24,25)11-14)27-20(23)17-9-13-10-26-16-6-4-3-5-15(16)18(13)28-17/h3-6,9,12,14H,7-8,10-11H2,1-2H3/t12-,14+/m1/s1. The number of sulfone groups is 1. The molecule has 1 fully saturated rings. The fraction of sp³-hybridized carbons (Fsp3) is 0.400. The number of hydrogen-bond acceptors (Lipinski definition) is 7. The molecule has 29 heavy (non-hydrogen) atoms. The number of benzene rings is 1. The van der Waals surface area contributed by atoms with Crippen molar-refractivity contribution in [2.75, 3.05) is 18.6 Å². The van der Waals surface area contributed by atoms with Crippen molar-refractivity contribution in [2.45, 2.75) is 32.1 Å². The molecule has 3 heterocycles. The molecule has 0 radical (unpaired) electrons. The number of nitrogens with zero attached hydrogens (tertiary/aromatic N) is 1. The highest BCUT2D eigenvalue weighted by atomic mass is 32.2. The van der Waals surface area contributed by atoms with Crippen LogP contribution in [0, 0.1) is 0 Å². The maximum atomic E-state index is 12.6. The third kappa shape index (κ3) is 3.89. The van der Waals surface area contributed by atoms with Gasteiger partial charge in [0.2, 0.25) is 0 Å². The molecule has 0 saturated carbocycles. The SMILES string of the molecule is C[C@@H](OC(=O)c1cc2c(s1)-c1ccccc1OC2)C(=O)N(C)[C@H]1CCS(=O)(=O)C1. The molecule has 2 atom stereocenters. The summed E-state index contributed by atoms with van der Waals surface area (Å²) in [5, 5.41) is 0. The van der Waals surface area contributed by atoms with Gasteiger partial charge in [-0.1, -0.05) is 12.1 Å². The summed E-state index contributed by atoms with van der Waals surface area (Å²) in [6.45, 7) is 1.88. The number of thiophene rings is 1. The Balaban J connectivity index is 1.45. The van der Waals surface area contributed by atoms with Crippen molar-refractivity contribution in [3.05, 3.63) is 40.8 Å². The maximum Gasteiger partial charge on any atom is 0.349 e. The fourth-order valence-corrected chi connectivity index (χ4v) is 6.47. The maximum absolute atomic E-state index is 12.6. The van der Waals surface area contributed by atoms with Gasteiger partial charge in [0.1, 0.15) is 17.2 Å². The number of rotatable bonds is 4. The molecule has 0 unspecified atom stereocenters. The van der Waals surface area contributed by atoms with Gasteiger partial charge in [0.25, 0.3) is 5.91 Å². The number of carbonyl (C=O) groups excluding carboxylic acids is 2. The van der Waals surface area contributed by atoms with E-state index in [1.54, 1.807) is 13.1 Å². The van der Waals surface area contributed by atoms with Gasteiger partial charge in [-0.25, -0.2) is 13.2 Å². The molecule has 0 spiro atoms. The molecule has 2 aromatic rings. The number of fused-ring (bicyclic) bond motifs is 3. The van der Waals surface area contributed by atoms with E-state index in [0.29, 0.717) is 17.9 Å². The Hall–Kier alpha value is -2.39. The van der Waals surface area contributed by atoms with Crippen molar-refractivity contribution in [3.63, 3.8) is 0 Å². The van der Waals surface area contributed by atoms with Crippen molar-refractivity contribution in [3.8, 4) is 16.2 Å². The lowest BCUT2D eigenvalue weighted by Gasteiger charge is -2.26. The number of ether oxygens (including phenoxy) is 2. The molecule has 0 N–H and O–H groups in total. The summed E-state index contributed by atoms with van der Waals surface area (Å²) in [7, 11) is -1.55. The zero-order valence-corrected chi connectivity index (χ0v) is 17.7. The van der Waals surface area contributed by atoms with Crippen molar-refractivity contribution in [1.29, 1.82) is 0 Å². The molecule has 2 aliphatic heterocycles. The molecule has 7 nitrogen and oxygen atoms in total. The summed E-state index contributed by atoms with van der Waals surface area (Å²) in [5.74, 6) is -0.176. The largest absolute Gasteiger partial charge is 0.488 e. The van der Waals surface area contributed by atoms with E-state index < -0.39 is 27.8 Å².